The highest BCUT2D eigenvalue weighted by molar-refractivity contribution is 6.09. The van der Waals surface area contributed by atoms with Crippen molar-refractivity contribution in [3.63, 3.8) is 0 Å². The van der Waals surface area contributed by atoms with Crippen LogP contribution < -0.4 is 9.47 Å². The summed E-state index contributed by atoms with van der Waals surface area (Å²) in [4.78, 5) is 12.4. The van der Waals surface area contributed by atoms with Gasteiger partial charge in [-0.25, -0.2) is 4.39 Å². The zero-order valence-corrected chi connectivity index (χ0v) is 12.1. The van der Waals surface area contributed by atoms with E-state index in [-0.39, 0.29) is 11.6 Å². The van der Waals surface area contributed by atoms with Crippen LogP contribution in [0.15, 0.2) is 42.5 Å². The zero-order valence-electron chi connectivity index (χ0n) is 12.1. The van der Waals surface area contributed by atoms with Gasteiger partial charge in [-0.05, 0) is 56.3 Å². The van der Waals surface area contributed by atoms with Crippen molar-refractivity contribution in [3.8, 4) is 11.5 Å². The van der Waals surface area contributed by atoms with Crippen molar-refractivity contribution in [2.75, 3.05) is 13.2 Å². The van der Waals surface area contributed by atoms with Crippen molar-refractivity contribution in [2.24, 2.45) is 0 Å². The summed E-state index contributed by atoms with van der Waals surface area (Å²) >= 11 is 0. The average molecular weight is 288 g/mol. The summed E-state index contributed by atoms with van der Waals surface area (Å²) in [6.07, 6.45) is 0. The molecule has 2 aromatic rings. The highest BCUT2D eigenvalue weighted by atomic mass is 19.1. The fourth-order valence-electron chi connectivity index (χ4n) is 1.96. The topological polar surface area (TPSA) is 35.5 Å². The lowest BCUT2D eigenvalue weighted by atomic mass is 10.0. The van der Waals surface area contributed by atoms with E-state index >= 15 is 0 Å². The van der Waals surface area contributed by atoms with Gasteiger partial charge in [-0.2, -0.15) is 0 Å². The Morgan fingerprint density at radius 3 is 2.10 bits per heavy atom. The first kappa shape index (κ1) is 15.0. The number of benzene rings is 2. The van der Waals surface area contributed by atoms with E-state index in [1.807, 2.05) is 13.8 Å². The Labute approximate surface area is 123 Å². The minimum absolute atomic E-state index is 0.181. The van der Waals surface area contributed by atoms with E-state index in [2.05, 4.69) is 0 Å². The Bertz CT molecular complexity index is 620. The molecule has 0 aliphatic rings. The van der Waals surface area contributed by atoms with Crippen molar-refractivity contribution in [1.82, 2.24) is 0 Å². The lowest BCUT2D eigenvalue weighted by Gasteiger charge is -2.12. The predicted molar refractivity (Wildman–Crippen MR) is 78.6 cm³/mol. The number of ether oxygens (including phenoxy) is 2. The van der Waals surface area contributed by atoms with Crippen LogP contribution in [0.4, 0.5) is 4.39 Å². The van der Waals surface area contributed by atoms with Crippen LogP contribution in [0.2, 0.25) is 0 Å². The SMILES string of the molecule is CCOc1ccc(C(=O)c2ccc(F)cc2)cc1OCC. The second-order valence-electron chi connectivity index (χ2n) is 4.36. The van der Waals surface area contributed by atoms with Gasteiger partial charge in [-0.1, -0.05) is 0 Å². The Hall–Kier alpha value is -2.36. The summed E-state index contributed by atoms with van der Waals surface area (Å²) in [6.45, 7) is 4.75. The second-order valence-corrected chi connectivity index (χ2v) is 4.36. The molecule has 2 rings (SSSR count). The van der Waals surface area contributed by atoms with E-state index in [0.29, 0.717) is 35.8 Å². The summed E-state index contributed by atoms with van der Waals surface area (Å²) in [5.41, 5.74) is 0.913. The van der Waals surface area contributed by atoms with E-state index in [4.69, 9.17) is 9.47 Å². The van der Waals surface area contributed by atoms with Gasteiger partial charge in [0.05, 0.1) is 13.2 Å². The molecule has 110 valence electrons. The first-order valence-electron chi connectivity index (χ1n) is 6.85. The third-order valence-corrected chi connectivity index (χ3v) is 2.91. The molecule has 4 heteroatoms. The van der Waals surface area contributed by atoms with Gasteiger partial charge in [-0.15, -0.1) is 0 Å². The number of hydrogen-bond acceptors (Lipinski definition) is 3. The van der Waals surface area contributed by atoms with Crippen molar-refractivity contribution in [1.29, 1.82) is 0 Å². The molecular weight excluding hydrogens is 271 g/mol. The highest BCUT2D eigenvalue weighted by Crippen LogP contribution is 2.29. The average Bonchev–Trinajstić information content (AvgIpc) is 2.49. The van der Waals surface area contributed by atoms with Gasteiger partial charge in [0.2, 0.25) is 0 Å². The fraction of sp³-hybridized carbons (Fsp3) is 0.235. The first-order valence-corrected chi connectivity index (χ1v) is 6.85. The summed E-state index contributed by atoms with van der Waals surface area (Å²) in [5, 5.41) is 0. The highest BCUT2D eigenvalue weighted by Gasteiger charge is 2.13. The largest absolute Gasteiger partial charge is 0.490 e. The predicted octanol–water partition coefficient (Wildman–Crippen LogP) is 3.85. The van der Waals surface area contributed by atoms with Crippen LogP contribution >= 0.6 is 0 Å². The summed E-state index contributed by atoms with van der Waals surface area (Å²) in [5.74, 6) is 0.592. The van der Waals surface area contributed by atoms with Crippen LogP contribution in [0.1, 0.15) is 29.8 Å². The molecule has 0 amide bonds. The number of halogens is 1. The summed E-state index contributed by atoms with van der Waals surface area (Å²) in [6, 6.07) is 10.5. The van der Waals surface area contributed by atoms with Gasteiger partial charge in [0.1, 0.15) is 5.82 Å². The molecule has 0 atom stereocenters. The van der Waals surface area contributed by atoms with E-state index < -0.39 is 0 Å². The summed E-state index contributed by atoms with van der Waals surface area (Å²) in [7, 11) is 0. The molecule has 0 aliphatic heterocycles. The van der Waals surface area contributed by atoms with Gasteiger partial charge < -0.3 is 9.47 Å². The first-order chi connectivity index (χ1) is 10.2. The van der Waals surface area contributed by atoms with E-state index in [9.17, 15) is 9.18 Å². The Balaban J connectivity index is 2.32. The number of hydrogen-bond donors (Lipinski definition) is 0. The van der Waals surface area contributed by atoms with Crippen LogP contribution in [0.3, 0.4) is 0 Å². The molecule has 0 fully saturated rings. The number of carbonyl (C=O) groups is 1. The monoisotopic (exact) mass is 288 g/mol. The van der Waals surface area contributed by atoms with Gasteiger partial charge in [0, 0.05) is 11.1 Å². The molecule has 0 radical (unpaired) electrons. The maximum Gasteiger partial charge on any atom is 0.193 e. The van der Waals surface area contributed by atoms with Crippen LogP contribution in [-0.4, -0.2) is 19.0 Å². The van der Waals surface area contributed by atoms with Gasteiger partial charge in [0.15, 0.2) is 17.3 Å². The molecule has 21 heavy (non-hydrogen) atoms. The minimum Gasteiger partial charge on any atom is -0.490 e. The molecule has 0 aromatic heterocycles. The molecular formula is C17H17FO3. The lowest BCUT2D eigenvalue weighted by molar-refractivity contribution is 0.103. The normalized spacial score (nSPS) is 10.2. The Morgan fingerprint density at radius 2 is 1.48 bits per heavy atom. The van der Waals surface area contributed by atoms with Crippen LogP contribution in [0.25, 0.3) is 0 Å². The fourth-order valence-corrected chi connectivity index (χ4v) is 1.96. The third-order valence-electron chi connectivity index (χ3n) is 2.91. The number of carbonyl (C=O) groups excluding carboxylic acids is 1. The van der Waals surface area contributed by atoms with Gasteiger partial charge >= 0.3 is 0 Å². The molecule has 0 spiro atoms. The maximum absolute atomic E-state index is 12.9. The standard InChI is InChI=1S/C17H17FO3/c1-3-20-15-10-7-13(11-16(15)21-4-2)17(19)12-5-8-14(18)9-6-12/h5-11H,3-4H2,1-2H3. The summed E-state index contributed by atoms with van der Waals surface area (Å²) < 4.78 is 23.9. The van der Waals surface area contributed by atoms with Crippen LogP contribution in [0, 0.1) is 5.82 Å². The quantitative estimate of drug-likeness (QED) is 0.757. The Morgan fingerprint density at radius 1 is 0.905 bits per heavy atom. The van der Waals surface area contributed by atoms with Crippen molar-refractivity contribution >= 4 is 5.78 Å². The minimum atomic E-state index is -0.367. The molecule has 2 aromatic carbocycles. The molecule has 3 nitrogen and oxygen atoms in total. The van der Waals surface area contributed by atoms with Crippen LogP contribution in [-0.2, 0) is 0 Å². The molecule has 0 aliphatic carbocycles. The van der Waals surface area contributed by atoms with E-state index in [1.165, 1.54) is 24.3 Å². The van der Waals surface area contributed by atoms with Gasteiger partial charge in [0.25, 0.3) is 0 Å². The van der Waals surface area contributed by atoms with Crippen molar-refractivity contribution in [2.45, 2.75) is 13.8 Å². The molecule has 0 bridgehead atoms. The molecule has 0 saturated heterocycles. The van der Waals surface area contributed by atoms with E-state index in [1.54, 1.807) is 18.2 Å². The van der Waals surface area contributed by atoms with Gasteiger partial charge in [-0.3, -0.25) is 4.79 Å². The zero-order chi connectivity index (χ0) is 15.2. The number of ketones is 1. The lowest BCUT2D eigenvalue weighted by Crippen LogP contribution is -2.04. The molecule has 0 saturated carbocycles. The third kappa shape index (κ3) is 3.60. The van der Waals surface area contributed by atoms with Crippen molar-refractivity contribution < 1.29 is 18.7 Å². The molecule has 0 heterocycles. The smallest absolute Gasteiger partial charge is 0.193 e. The maximum atomic E-state index is 12.9. The second kappa shape index (κ2) is 6.88. The van der Waals surface area contributed by atoms with E-state index in [0.717, 1.165) is 0 Å². The van der Waals surface area contributed by atoms with Crippen LogP contribution in [0.5, 0.6) is 11.5 Å². The molecule has 0 unspecified atom stereocenters. The van der Waals surface area contributed by atoms with Crippen molar-refractivity contribution in [3.05, 3.63) is 59.4 Å². The Kier molecular flexibility index (Phi) is 4.93. The number of rotatable bonds is 6. The molecule has 0 N–H and O–H groups in total.